The minimum Gasteiger partial charge on any atom is -0.0882 e. The zero-order valence-electron chi connectivity index (χ0n) is 6.92. The number of allylic oxidation sites excluding steroid dienone is 6. The van der Waals surface area contributed by atoms with Gasteiger partial charge in [0.25, 0.3) is 0 Å². The van der Waals surface area contributed by atoms with Crippen LogP contribution in [-0.2, 0) is 0 Å². The lowest BCUT2D eigenvalue weighted by Crippen LogP contribution is -1.71. The third-order valence-electron chi connectivity index (χ3n) is 1.73. The van der Waals surface area contributed by atoms with Crippen molar-refractivity contribution >= 4 is 0 Å². The van der Waals surface area contributed by atoms with Gasteiger partial charge in [-0.3, -0.25) is 0 Å². The third kappa shape index (κ3) is 4.60. The van der Waals surface area contributed by atoms with Gasteiger partial charge in [0.15, 0.2) is 0 Å². The second-order valence-corrected chi connectivity index (χ2v) is 2.75. The van der Waals surface area contributed by atoms with Crippen molar-refractivity contribution in [3.8, 4) is 0 Å². The smallest absolute Gasteiger partial charge is 0.0166 e. The third-order valence-corrected chi connectivity index (χ3v) is 1.73. The van der Waals surface area contributed by atoms with E-state index in [4.69, 9.17) is 0 Å². The first kappa shape index (κ1) is 8.32. The van der Waals surface area contributed by atoms with Crippen LogP contribution in [0.4, 0.5) is 0 Å². The molecule has 0 spiro atoms. The number of hydrogen-bond acceptors (Lipinski definition) is 0. The molecule has 0 heterocycles. The SMILES string of the molecule is [C]1=C\C=C\C/C=C\CCCC/1. The molecule has 1 aliphatic carbocycles. The Bertz CT molecular complexity index is 161. The molecule has 11 heavy (non-hydrogen) atoms. The van der Waals surface area contributed by atoms with E-state index in [-0.39, 0.29) is 0 Å². The Hall–Kier alpha value is -0.780. The Morgan fingerprint density at radius 3 is 3.00 bits per heavy atom. The molecule has 0 unspecified atom stereocenters. The average Bonchev–Trinajstić information content (AvgIpc) is 2.08. The van der Waals surface area contributed by atoms with Crippen molar-refractivity contribution in [1.82, 2.24) is 0 Å². The van der Waals surface area contributed by atoms with Crippen LogP contribution in [0.1, 0.15) is 32.1 Å². The normalized spacial score (nSPS) is 28.4. The lowest BCUT2D eigenvalue weighted by molar-refractivity contribution is 0.754. The van der Waals surface area contributed by atoms with Crippen LogP contribution in [0.25, 0.3) is 0 Å². The monoisotopic (exact) mass is 147 g/mol. The summed E-state index contributed by atoms with van der Waals surface area (Å²) in [6, 6.07) is 0. The maximum absolute atomic E-state index is 3.24. The van der Waals surface area contributed by atoms with E-state index in [1.54, 1.807) is 0 Å². The zero-order valence-corrected chi connectivity index (χ0v) is 6.92. The summed E-state index contributed by atoms with van der Waals surface area (Å²) in [5.74, 6) is 0. The molecule has 0 saturated heterocycles. The summed E-state index contributed by atoms with van der Waals surface area (Å²) >= 11 is 0. The minimum absolute atomic E-state index is 1.07. The second kappa shape index (κ2) is 5.96. The van der Waals surface area contributed by atoms with E-state index in [9.17, 15) is 0 Å². The van der Waals surface area contributed by atoms with E-state index >= 15 is 0 Å². The van der Waals surface area contributed by atoms with Crippen molar-refractivity contribution in [2.45, 2.75) is 32.1 Å². The van der Waals surface area contributed by atoms with Crippen LogP contribution in [-0.4, -0.2) is 0 Å². The topological polar surface area (TPSA) is 0 Å². The Kier molecular flexibility index (Phi) is 4.51. The fraction of sp³-hybridized carbons (Fsp3) is 0.455. The van der Waals surface area contributed by atoms with Gasteiger partial charge in [-0.15, -0.1) is 0 Å². The lowest BCUT2D eigenvalue weighted by atomic mass is 10.2. The van der Waals surface area contributed by atoms with E-state index in [1.807, 2.05) is 6.08 Å². The number of rotatable bonds is 0. The van der Waals surface area contributed by atoms with Crippen LogP contribution in [0, 0.1) is 6.08 Å². The summed E-state index contributed by atoms with van der Waals surface area (Å²) in [5, 5.41) is 0. The van der Waals surface area contributed by atoms with Gasteiger partial charge in [0.1, 0.15) is 0 Å². The van der Waals surface area contributed by atoms with Gasteiger partial charge >= 0.3 is 0 Å². The highest BCUT2D eigenvalue weighted by molar-refractivity contribution is 5.02. The molecule has 0 saturated carbocycles. The van der Waals surface area contributed by atoms with Crippen LogP contribution < -0.4 is 0 Å². The predicted molar refractivity (Wildman–Crippen MR) is 49.2 cm³/mol. The molecule has 0 amide bonds. The molecule has 0 nitrogen and oxygen atoms in total. The van der Waals surface area contributed by atoms with Crippen LogP contribution in [0.2, 0.25) is 0 Å². The highest BCUT2D eigenvalue weighted by Crippen LogP contribution is 2.03. The molecule has 0 heteroatoms. The molecular formula is C11H15. The summed E-state index contributed by atoms with van der Waals surface area (Å²) in [5.41, 5.74) is 0. The zero-order chi connectivity index (χ0) is 7.78. The van der Waals surface area contributed by atoms with E-state index in [0.717, 1.165) is 12.8 Å². The van der Waals surface area contributed by atoms with Gasteiger partial charge in [-0.2, -0.15) is 0 Å². The summed E-state index contributed by atoms with van der Waals surface area (Å²) < 4.78 is 0. The Labute approximate surface area is 69.3 Å². The van der Waals surface area contributed by atoms with Crippen LogP contribution >= 0.6 is 0 Å². The average molecular weight is 147 g/mol. The first-order valence-electron chi connectivity index (χ1n) is 4.37. The number of hydrogen-bond donors (Lipinski definition) is 0. The molecular weight excluding hydrogens is 132 g/mol. The van der Waals surface area contributed by atoms with Crippen molar-refractivity contribution in [1.29, 1.82) is 0 Å². The van der Waals surface area contributed by atoms with Crippen LogP contribution in [0.3, 0.4) is 0 Å². The highest BCUT2D eigenvalue weighted by Gasteiger charge is 1.84. The molecule has 59 valence electrons. The van der Waals surface area contributed by atoms with E-state index in [1.165, 1.54) is 19.3 Å². The lowest BCUT2D eigenvalue weighted by Gasteiger charge is -1.90. The van der Waals surface area contributed by atoms with E-state index in [2.05, 4.69) is 30.4 Å². The first-order valence-corrected chi connectivity index (χ1v) is 4.37. The molecule has 0 bridgehead atoms. The van der Waals surface area contributed by atoms with Crippen molar-refractivity contribution in [3.63, 3.8) is 0 Å². The van der Waals surface area contributed by atoms with E-state index < -0.39 is 0 Å². The van der Waals surface area contributed by atoms with Gasteiger partial charge in [-0.25, -0.2) is 0 Å². The minimum atomic E-state index is 1.07. The summed E-state index contributed by atoms with van der Waals surface area (Å²) in [7, 11) is 0. The summed E-state index contributed by atoms with van der Waals surface area (Å²) in [6.45, 7) is 0. The van der Waals surface area contributed by atoms with Crippen LogP contribution in [0.5, 0.6) is 0 Å². The molecule has 0 fully saturated rings. The predicted octanol–water partition coefficient (Wildman–Crippen LogP) is 3.42. The molecule has 1 aliphatic rings. The quantitative estimate of drug-likeness (QED) is 0.460. The van der Waals surface area contributed by atoms with Gasteiger partial charge in [0.2, 0.25) is 0 Å². The Morgan fingerprint density at radius 1 is 1.00 bits per heavy atom. The second-order valence-electron chi connectivity index (χ2n) is 2.75. The molecule has 0 aromatic rings. The molecule has 0 N–H and O–H groups in total. The molecule has 0 aliphatic heterocycles. The van der Waals surface area contributed by atoms with Gasteiger partial charge in [-0.05, 0) is 38.2 Å². The Morgan fingerprint density at radius 2 is 2.00 bits per heavy atom. The molecule has 0 atom stereocenters. The van der Waals surface area contributed by atoms with Gasteiger partial charge in [-0.1, -0.05) is 30.4 Å². The molecule has 0 aromatic heterocycles. The van der Waals surface area contributed by atoms with E-state index in [0.29, 0.717) is 0 Å². The Balaban J connectivity index is 2.35. The summed E-state index contributed by atoms with van der Waals surface area (Å²) in [6.07, 6.45) is 20.0. The van der Waals surface area contributed by atoms with Crippen molar-refractivity contribution in [2.24, 2.45) is 0 Å². The standard InChI is InChI=1S/C11H15/c1-2-4-6-8-10-11-9-7-5-3-1/h1-3,6,8H,4,7,9-11H2/b2-1+,5-3?,8-6-. The highest BCUT2D eigenvalue weighted by atomic mass is 13.9. The molecule has 1 rings (SSSR count). The fourth-order valence-corrected chi connectivity index (χ4v) is 1.08. The maximum Gasteiger partial charge on any atom is -0.0166 e. The molecule has 1 radical (unpaired) electrons. The van der Waals surface area contributed by atoms with Crippen LogP contribution in [0.15, 0.2) is 30.4 Å². The first-order chi connectivity index (χ1) is 5.50. The van der Waals surface area contributed by atoms with Crippen molar-refractivity contribution < 1.29 is 0 Å². The van der Waals surface area contributed by atoms with Crippen molar-refractivity contribution in [3.05, 3.63) is 36.5 Å². The summed E-state index contributed by atoms with van der Waals surface area (Å²) in [4.78, 5) is 0. The van der Waals surface area contributed by atoms with Gasteiger partial charge in [0.05, 0.1) is 0 Å². The molecule has 0 aromatic carbocycles. The van der Waals surface area contributed by atoms with Crippen molar-refractivity contribution in [2.75, 3.05) is 0 Å². The maximum atomic E-state index is 3.24. The fourth-order valence-electron chi connectivity index (χ4n) is 1.08. The largest absolute Gasteiger partial charge is 0.0882 e. The van der Waals surface area contributed by atoms with Gasteiger partial charge in [0, 0.05) is 0 Å². The van der Waals surface area contributed by atoms with Gasteiger partial charge < -0.3 is 0 Å².